The normalized spacial score (nSPS) is 18.9. The van der Waals surface area contributed by atoms with Crippen LogP contribution in [0, 0.1) is 0 Å². The van der Waals surface area contributed by atoms with Gasteiger partial charge in [0.1, 0.15) is 6.04 Å². The second-order valence-electron chi connectivity index (χ2n) is 4.60. The Kier molecular flexibility index (Phi) is 3.95. The molecule has 0 radical (unpaired) electrons. The second kappa shape index (κ2) is 5.87. The van der Waals surface area contributed by atoms with E-state index < -0.39 is 0 Å². The first-order chi connectivity index (χ1) is 9.74. The van der Waals surface area contributed by atoms with Crippen molar-refractivity contribution in [3.05, 3.63) is 34.9 Å². The molecule has 1 fully saturated rings. The Labute approximate surface area is 124 Å². The Morgan fingerprint density at radius 3 is 3.20 bits per heavy atom. The van der Waals surface area contributed by atoms with Gasteiger partial charge in [-0.25, -0.2) is 0 Å². The van der Waals surface area contributed by atoms with Crippen molar-refractivity contribution in [3.8, 4) is 0 Å². The number of fused-ring (bicyclic) bond motifs is 1. The predicted octanol–water partition coefficient (Wildman–Crippen LogP) is 1.92. The van der Waals surface area contributed by atoms with E-state index in [1.807, 2.05) is 24.3 Å². The maximum Gasteiger partial charge on any atom is 0.243 e. The average molecular weight is 336 g/mol. The number of amides is 1. The van der Waals surface area contributed by atoms with Gasteiger partial charge in [0.15, 0.2) is 0 Å². The van der Waals surface area contributed by atoms with E-state index >= 15 is 0 Å². The number of nitrogens with one attached hydrogen (secondary N) is 2. The number of rotatable bonds is 2. The summed E-state index contributed by atoms with van der Waals surface area (Å²) < 4.78 is 6.21. The molecular weight excluding hydrogens is 322 g/mol. The fourth-order valence-electron chi connectivity index (χ4n) is 2.19. The second-order valence-corrected chi connectivity index (χ2v) is 5.52. The Balaban J connectivity index is 1.85. The fraction of sp³-hybridized carbons (Fsp3) is 0.286. The molecular formula is C14H14BrN3O2. The maximum absolute atomic E-state index is 12.2. The molecule has 1 aromatic heterocycles. The number of benzene rings is 1. The molecule has 0 saturated carbocycles. The molecule has 20 heavy (non-hydrogen) atoms. The summed E-state index contributed by atoms with van der Waals surface area (Å²) in [6, 6.07) is 7.38. The minimum atomic E-state index is -0.311. The Morgan fingerprint density at radius 1 is 1.50 bits per heavy atom. The van der Waals surface area contributed by atoms with Crippen LogP contribution >= 0.6 is 15.9 Å². The van der Waals surface area contributed by atoms with Crippen molar-refractivity contribution in [2.45, 2.75) is 6.04 Å². The van der Waals surface area contributed by atoms with Crippen molar-refractivity contribution in [1.82, 2.24) is 10.3 Å². The monoisotopic (exact) mass is 335 g/mol. The summed E-state index contributed by atoms with van der Waals surface area (Å²) in [5.74, 6) is -0.0954. The average Bonchev–Trinajstić information content (AvgIpc) is 2.48. The quantitative estimate of drug-likeness (QED) is 0.880. The van der Waals surface area contributed by atoms with E-state index in [0.29, 0.717) is 25.4 Å². The van der Waals surface area contributed by atoms with Crippen LogP contribution in [0.25, 0.3) is 10.9 Å². The first-order valence-electron chi connectivity index (χ1n) is 6.40. The molecule has 1 aliphatic heterocycles. The Hall–Kier alpha value is -1.50. The van der Waals surface area contributed by atoms with Crippen LogP contribution in [0.1, 0.15) is 0 Å². The lowest BCUT2D eigenvalue weighted by Gasteiger charge is -2.23. The van der Waals surface area contributed by atoms with E-state index in [4.69, 9.17) is 4.74 Å². The number of hydrogen-bond acceptors (Lipinski definition) is 4. The van der Waals surface area contributed by atoms with Gasteiger partial charge in [-0.2, -0.15) is 0 Å². The number of anilines is 1. The van der Waals surface area contributed by atoms with Gasteiger partial charge in [-0.3, -0.25) is 9.78 Å². The molecule has 0 aliphatic carbocycles. The zero-order chi connectivity index (χ0) is 13.9. The van der Waals surface area contributed by atoms with Crippen LogP contribution in [0.15, 0.2) is 34.9 Å². The van der Waals surface area contributed by atoms with Crippen molar-refractivity contribution in [2.75, 3.05) is 25.1 Å². The summed E-state index contributed by atoms with van der Waals surface area (Å²) in [6.07, 6.45) is 1.72. The summed E-state index contributed by atoms with van der Waals surface area (Å²) in [6.45, 7) is 1.74. The highest BCUT2D eigenvalue weighted by atomic mass is 79.9. The zero-order valence-corrected chi connectivity index (χ0v) is 12.3. The highest BCUT2D eigenvalue weighted by molar-refractivity contribution is 9.10. The molecule has 1 saturated heterocycles. The van der Waals surface area contributed by atoms with Crippen molar-refractivity contribution in [1.29, 1.82) is 0 Å². The minimum absolute atomic E-state index is 0.0954. The minimum Gasteiger partial charge on any atom is -0.378 e. The molecule has 5 nitrogen and oxygen atoms in total. The number of halogens is 1. The predicted molar refractivity (Wildman–Crippen MR) is 80.7 cm³/mol. The van der Waals surface area contributed by atoms with Crippen LogP contribution in [0.3, 0.4) is 0 Å². The van der Waals surface area contributed by atoms with Gasteiger partial charge in [-0.1, -0.05) is 12.1 Å². The number of carbonyl (C=O) groups excluding carboxylic acids is 1. The standard InChI is InChI=1S/C14H14BrN3O2/c15-10-6-9-2-1-3-11(13(9)17-7-10)18-14(19)12-8-20-5-4-16-12/h1-3,6-7,12,16H,4-5,8H2,(H,18,19). The molecule has 2 aromatic rings. The Bertz CT molecular complexity index is 641. The lowest BCUT2D eigenvalue weighted by atomic mass is 10.2. The van der Waals surface area contributed by atoms with Gasteiger partial charge in [-0.15, -0.1) is 0 Å². The molecule has 104 valence electrons. The molecule has 2 N–H and O–H groups in total. The van der Waals surface area contributed by atoms with Crippen LogP contribution in [-0.2, 0) is 9.53 Å². The number of aromatic nitrogens is 1. The SMILES string of the molecule is O=C(Nc1cccc2cc(Br)cnc12)C1COCCN1. The molecule has 3 rings (SSSR count). The third-order valence-corrected chi connectivity index (χ3v) is 3.61. The molecule has 2 heterocycles. The summed E-state index contributed by atoms with van der Waals surface area (Å²) in [5, 5.41) is 7.02. The molecule has 0 spiro atoms. The smallest absolute Gasteiger partial charge is 0.243 e. The van der Waals surface area contributed by atoms with Crippen molar-refractivity contribution < 1.29 is 9.53 Å². The van der Waals surface area contributed by atoms with Gasteiger partial charge in [0.25, 0.3) is 0 Å². The van der Waals surface area contributed by atoms with E-state index in [2.05, 4.69) is 31.5 Å². The summed E-state index contributed by atoms with van der Waals surface area (Å²) in [7, 11) is 0. The van der Waals surface area contributed by atoms with E-state index in [9.17, 15) is 4.79 Å². The van der Waals surface area contributed by atoms with E-state index in [1.54, 1.807) is 6.20 Å². The van der Waals surface area contributed by atoms with Crippen LogP contribution < -0.4 is 10.6 Å². The highest BCUT2D eigenvalue weighted by Crippen LogP contribution is 2.24. The number of hydrogen-bond donors (Lipinski definition) is 2. The number of para-hydroxylation sites is 1. The number of morpholine rings is 1. The van der Waals surface area contributed by atoms with Crippen molar-refractivity contribution >= 4 is 38.4 Å². The number of carbonyl (C=O) groups is 1. The van der Waals surface area contributed by atoms with Crippen molar-refractivity contribution in [2.24, 2.45) is 0 Å². The topological polar surface area (TPSA) is 63.2 Å². The van der Waals surface area contributed by atoms with Crippen molar-refractivity contribution in [3.63, 3.8) is 0 Å². The number of ether oxygens (including phenoxy) is 1. The van der Waals surface area contributed by atoms with Gasteiger partial charge in [0.2, 0.25) is 5.91 Å². The third kappa shape index (κ3) is 2.82. The van der Waals surface area contributed by atoms with Crippen LogP contribution in [0.4, 0.5) is 5.69 Å². The van der Waals surface area contributed by atoms with Gasteiger partial charge < -0.3 is 15.4 Å². The van der Waals surface area contributed by atoms with E-state index in [0.717, 1.165) is 15.4 Å². The molecule has 1 unspecified atom stereocenters. The largest absolute Gasteiger partial charge is 0.378 e. The highest BCUT2D eigenvalue weighted by Gasteiger charge is 2.21. The molecule has 1 atom stereocenters. The van der Waals surface area contributed by atoms with Gasteiger partial charge >= 0.3 is 0 Å². The van der Waals surface area contributed by atoms with Crippen LogP contribution in [0.5, 0.6) is 0 Å². The Morgan fingerprint density at radius 2 is 2.40 bits per heavy atom. The summed E-state index contributed by atoms with van der Waals surface area (Å²) in [4.78, 5) is 16.6. The van der Waals surface area contributed by atoms with E-state index in [1.165, 1.54) is 0 Å². The molecule has 0 bridgehead atoms. The molecule has 1 amide bonds. The first-order valence-corrected chi connectivity index (χ1v) is 7.19. The number of nitrogens with zero attached hydrogens (tertiary/aromatic N) is 1. The van der Waals surface area contributed by atoms with Gasteiger partial charge in [-0.05, 0) is 28.1 Å². The van der Waals surface area contributed by atoms with Gasteiger partial charge in [0, 0.05) is 22.6 Å². The van der Waals surface area contributed by atoms with Crippen LogP contribution in [-0.4, -0.2) is 36.7 Å². The van der Waals surface area contributed by atoms with Crippen LogP contribution in [0.2, 0.25) is 0 Å². The molecule has 6 heteroatoms. The van der Waals surface area contributed by atoms with Gasteiger partial charge in [0.05, 0.1) is 24.4 Å². The summed E-state index contributed by atoms with van der Waals surface area (Å²) >= 11 is 3.39. The maximum atomic E-state index is 12.2. The third-order valence-electron chi connectivity index (χ3n) is 3.17. The number of pyridine rings is 1. The lowest BCUT2D eigenvalue weighted by Crippen LogP contribution is -2.48. The molecule has 1 aliphatic rings. The zero-order valence-electron chi connectivity index (χ0n) is 10.7. The first kappa shape index (κ1) is 13.5. The fourth-order valence-corrected chi connectivity index (χ4v) is 2.54. The lowest BCUT2D eigenvalue weighted by molar-refractivity contribution is -0.120. The molecule has 1 aromatic carbocycles. The summed E-state index contributed by atoms with van der Waals surface area (Å²) in [5.41, 5.74) is 1.49. The van der Waals surface area contributed by atoms with E-state index in [-0.39, 0.29) is 11.9 Å².